The SMILES string of the molecule is Cn1cnc(S(=O)(=O)N2CCC3(CCN(C(=O)CCCOc4ccccc4)CC3)C2)c1. The number of para-hydroxylation sites is 1. The minimum absolute atomic E-state index is 0.0327. The number of hydrogen-bond acceptors (Lipinski definition) is 5. The van der Waals surface area contributed by atoms with Gasteiger partial charge in [-0.15, -0.1) is 0 Å². The Labute approximate surface area is 183 Å². The molecule has 1 aromatic carbocycles. The quantitative estimate of drug-likeness (QED) is 0.609. The summed E-state index contributed by atoms with van der Waals surface area (Å²) in [5.74, 6) is 0.976. The smallest absolute Gasteiger partial charge is 0.262 e. The summed E-state index contributed by atoms with van der Waals surface area (Å²) in [4.78, 5) is 18.5. The summed E-state index contributed by atoms with van der Waals surface area (Å²) < 4.78 is 34.6. The fourth-order valence-electron chi connectivity index (χ4n) is 4.48. The third-order valence-corrected chi connectivity index (χ3v) is 8.14. The molecule has 3 heterocycles. The number of rotatable bonds is 7. The highest BCUT2D eigenvalue weighted by molar-refractivity contribution is 7.89. The number of sulfonamides is 1. The van der Waals surface area contributed by atoms with Gasteiger partial charge < -0.3 is 14.2 Å². The standard InChI is InChI=1S/C22H30N4O4S/c1-24-16-20(23-18-24)31(28,29)26-14-11-22(17-26)9-12-25(13-10-22)21(27)8-5-15-30-19-6-3-2-4-7-19/h2-4,6-7,16,18H,5,8-15,17H2,1H3. The number of imidazole rings is 1. The molecule has 2 aliphatic heterocycles. The fourth-order valence-corrected chi connectivity index (χ4v) is 6.00. The molecule has 4 rings (SSSR count). The summed E-state index contributed by atoms with van der Waals surface area (Å²) in [5.41, 5.74) is -0.0327. The van der Waals surface area contributed by atoms with Crippen LogP contribution in [0.15, 0.2) is 47.9 Å². The van der Waals surface area contributed by atoms with E-state index in [1.165, 1.54) is 6.33 Å². The van der Waals surface area contributed by atoms with Crippen molar-refractivity contribution in [2.75, 3.05) is 32.8 Å². The number of piperidine rings is 1. The van der Waals surface area contributed by atoms with E-state index in [-0.39, 0.29) is 16.3 Å². The zero-order chi connectivity index (χ0) is 21.9. The molecule has 1 amide bonds. The van der Waals surface area contributed by atoms with Crippen molar-refractivity contribution in [1.82, 2.24) is 18.8 Å². The molecule has 2 aliphatic rings. The predicted octanol–water partition coefficient (Wildman–Crippen LogP) is 2.28. The third-order valence-electron chi connectivity index (χ3n) is 6.41. The molecule has 0 unspecified atom stereocenters. The maximum atomic E-state index is 12.9. The van der Waals surface area contributed by atoms with Crippen LogP contribution < -0.4 is 4.74 Å². The van der Waals surface area contributed by atoms with E-state index in [2.05, 4.69) is 4.98 Å². The van der Waals surface area contributed by atoms with Gasteiger partial charge in [-0.2, -0.15) is 4.31 Å². The molecule has 0 radical (unpaired) electrons. The van der Waals surface area contributed by atoms with Gasteiger partial charge >= 0.3 is 0 Å². The van der Waals surface area contributed by atoms with E-state index in [0.29, 0.717) is 45.6 Å². The highest BCUT2D eigenvalue weighted by atomic mass is 32.2. The molecule has 2 fully saturated rings. The lowest BCUT2D eigenvalue weighted by molar-refractivity contribution is -0.133. The lowest BCUT2D eigenvalue weighted by Crippen LogP contribution is -2.44. The number of aromatic nitrogens is 2. The van der Waals surface area contributed by atoms with Gasteiger partial charge in [0.15, 0.2) is 5.03 Å². The minimum Gasteiger partial charge on any atom is -0.494 e. The summed E-state index contributed by atoms with van der Waals surface area (Å²) in [7, 11) is -1.79. The molecule has 2 aromatic rings. The van der Waals surface area contributed by atoms with Gasteiger partial charge in [0.05, 0.1) is 12.9 Å². The van der Waals surface area contributed by atoms with Crippen LogP contribution in [0.1, 0.15) is 32.1 Å². The van der Waals surface area contributed by atoms with Crippen LogP contribution in [0.2, 0.25) is 0 Å². The molecule has 0 atom stereocenters. The van der Waals surface area contributed by atoms with Crippen molar-refractivity contribution in [1.29, 1.82) is 0 Å². The number of likely N-dealkylation sites (tertiary alicyclic amines) is 1. The lowest BCUT2D eigenvalue weighted by Gasteiger charge is -2.39. The van der Waals surface area contributed by atoms with Crippen LogP contribution in [-0.4, -0.2) is 65.9 Å². The zero-order valence-corrected chi connectivity index (χ0v) is 18.8. The average molecular weight is 447 g/mol. The monoisotopic (exact) mass is 446 g/mol. The first-order valence-corrected chi connectivity index (χ1v) is 12.3. The Bertz CT molecular complexity index is 998. The predicted molar refractivity (Wildman–Crippen MR) is 116 cm³/mol. The fraction of sp³-hybridized carbons (Fsp3) is 0.545. The Morgan fingerprint density at radius 3 is 2.52 bits per heavy atom. The van der Waals surface area contributed by atoms with E-state index in [1.807, 2.05) is 35.2 Å². The molecule has 168 valence electrons. The van der Waals surface area contributed by atoms with Gasteiger partial charge in [0.25, 0.3) is 10.0 Å². The largest absolute Gasteiger partial charge is 0.494 e. The highest BCUT2D eigenvalue weighted by Gasteiger charge is 2.45. The second-order valence-corrected chi connectivity index (χ2v) is 10.5. The number of carbonyl (C=O) groups is 1. The van der Waals surface area contributed by atoms with Crippen molar-refractivity contribution in [3.8, 4) is 5.75 Å². The molecule has 1 aromatic heterocycles. The minimum atomic E-state index is -3.55. The van der Waals surface area contributed by atoms with Crippen LogP contribution in [0, 0.1) is 5.41 Å². The van der Waals surface area contributed by atoms with Gasteiger partial charge in [-0.3, -0.25) is 4.79 Å². The number of hydrogen-bond donors (Lipinski definition) is 0. The molecule has 9 heteroatoms. The van der Waals surface area contributed by atoms with Gasteiger partial charge in [-0.05, 0) is 43.2 Å². The number of amides is 1. The van der Waals surface area contributed by atoms with Gasteiger partial charge in [0, 0.05) is 45.8 Å². The molecule has 0 aliphatic carbocycles. The number of nitrogens with zero attached hydrogens (tertiary/aromatic N) is 4. The van der Waals surface area contributed by atoms with Crippen molar-refractivity contribution >= 4 is 15.9 Å². The van der Waals surface area contributed by atoms with E-state index in [0.717, 1.165) is 25.0 Å². The van der Waals surface area contributed by atoms with Crippen molar-refractivity contribution in [3.63, 3.8) is 0 Å². The topological polar surface area (TPSA) is 84.7 Å². The van der Waals surface area contributed by atoms with Crippen LogP contribution in [0.4, 0.5) is 0 Å². The van der Waals surface area contributed by atoms with Crippen LogP contribution >= 0.6 is 0 Å². The molecule has 0 saturated carbocycles. The van der Waals surface area contributed by atoms with Crippen LogP contribution in [0.5, 0.6) is 5.75 Å². The lowest BCUT2D eigenvalue weighted by atomic mass is 9.78. The van der Waals surface area contributed by atoms with Gasteiger partial charge in [0.2, 0.25) is 5.91 Å². The molecule has 31 heavy (non-hydrogen) atoms. The number of carbonyl (C=O) groups excluding carboxylic acids is 1. The second kappa shape index (κ2) is 9.00. The summed E-state index contributed by atoms with van der Waals surface area (Å²) in [6.45, 7) is 2.93. The molecular weight excluding hydrogens is 416 g/mol. The second-order valence-electron chi connectivity index (χ2n) is 8.61. The highest BCUT2D eigenvalue weighted by Crippen LogP contribution is 2.42. The van der Waals surface area contributed by atoms with E-state index >= 15 is 0 Å². The Morgan fingerprint density at radius 1 is 1.13 bits per heavy atom. The maximum Gasteiger partial charge on any atom is 0.262 e. The number of ether oxygens (including phenoxy) is 1. The van der Waals surface area contributed by atoms with E-state index < -0.39 is 10.0 Å². The Kier molecular flexibility index (Phi) is 6.34. The van der Waals surface area contributed by atoms with Gasteiger partial charge in [0.1, 0.15) is 5.75 Å². The summed E-state index contributed by atoms with van der Waals surface area (Å²) in [6.07, 6.45) is 6.73. The van der Waals surface area contributed by atoms with Crippen molar-refractivity contribution in [2.24, 2.45) is 12.5 Å². The Hall–Kier alpha value is -2.39. The average Bonchev–Trinajstić information content (AvgIpc) is 3.40. The zero-order valence-electron chi connectivity index (χ0n) is 17.9. The van der Waals surface area contributed by atoms with Crippen LogP contribution in [0.3, 0.4) is 0 Å². The van der Waals surface area contributed by atoms with Crippen LogP contribution in [-0.2, 0) is 21.9 Å². The number of aryl methyl sites for hydroxylation is 1. The summed E-state index contributed by atoms with van der Waals surface area (Å²) >= 11 is 0. The first-order chi connectivity index (χ1) is 14.9. The normalized spacial score (nSPS) is 19.1. The Morgan fingerprint density at radius 2 is 1.84 bits per heavy atom. The van der Waals surface area contributed by atoms with Crippen LogP contribution in [0.25, 0.3) is 0 Å². The first-order valence-electron chi connectivity index (χ1n) is 10.8. The van der Waals surface area contributed by atoms with Crippen molar-refractivity contribution in [3.05, 3.63) is 42.9 Å². The number of benzene rings is 1. The van der Waals surface area contributed by atoms with E-state index in [9.17, 15) is 13.2 Å². The van der Waals surface area contributed by atoms with Crippen molar-refractivity contribution < 1.29 is 17.9 Å². The third kappa shape index (κ3) is 4.93. The van der Waals surface area contributed by atoms with Crippen molar-refractivity contribution in [2.45, 2.75) is 37.1 Å². The van der Waals surface area contributed by atoms with E-state index in [1.54, 1.807) is 22.1 Å². The maximum absolute atomic E-state index is 12.9. The van der Waals surface area contributed by atoms with E-state index in [4.69, 9.17) is 4.74 Å². The van der Waals surface area contributed by atoms with Gasteiger partial charge in [-0.1, -0.05) is 18.2 Å². The summed E-state index contributed by atoms with van der Waals surface area (Å²) in [5, 5.41) is 0.109. The Balaban J connectivity index is 1.23. The molecule has 2 saturated heterocycles. The first kappa shape index (κ1) is 21.8. The molecule has 0 N–H and O–H groups in total. The molecule has 8 nitrogen and oxygen atoms in total. The van der Waals surface area contributed by atoms with Gasteiger partial charge in [-0.25, -0.2) is 13.4 Å². The molecular formula is C22H30N4O4S. The summed E-state index contributed by atoms with van der Waals surface area (Å²) in [6, 6.07) is 9.61. The molecule has 0 bridgehead atoms. The molecule has 1 spiro atoms.